The Balaban J connectivity index is 1.95. The maximum absolute atomic E-state index is 11.9. The van der Waals surface area contributed by atoms with E-state index in [0.29, 0.717) is 10.8 Å². The maximum atomic E-state index is 11.9. The highest BCUT2D eigenvalue weighted by atomic mass is 32.1. The standard InChI is InChI=1S/C14H14N2O3S/c1-9(17)12-8-20-14(15-12)16-13(18)7-10-3-5-11(19-2)6-4-10/h3-6,8H,7H2,1-2H3,(H,15,16,18). The van der Waals surface area contributed by atoms with Crippen molar-refractivity contribution in [2.75, 3.05) is 12.4 Å². The van der Waals surface area contributed by atoms with E-state index in [0.717, 1.165) is 11.3 Å². The van der Waals surface area contributed by atoms with Crippen molar-refractivity contribution in [2.24, 2.45) is 0 Å². The number of hydrogen-bond donors (Lipinski definition) is 1. The molecular weight excluding hydrogens is 276 g/mol. The van der Waals surface area contributed by atoms with Crippen LogP contribution in [0.2, 0.25) is 0 Å². The molecule has 2 rings (SSSR count). The van der Waals surface area contributed by atoms with Crippen LogP contribution in [0.15, 0.2) is 29.6 Å². The van der Waals surface area contributed by atoms with E-state index in [-0.39, 0.29) is 18.1 Å². The molecule has 1 amide bonds. The summed E-state index contributed by atoms with van der Waals surface area (Å²) in [5, 5.41) is 4.75. The van der Waals surface area contributed by atoms with E-state index < -0.39 is 0 Å². The fourth-order valence-electron chi connectivity index (χ4n) is 1.59. The van der Waals surface area contributed by atoms with Gasteiger partial charge >= 0.3 is 0 Å². The van der Waals surface area contributed by atoms with Gasteiger partial charge in [-0.15, -0.1) is 11.3 Å². The van der Waals surface area contributed by atoms with Crippen LogP contribution in [-0.4, -0.2) is 23.8 Å². The number of amides is 1. The molecule has 0 unspecified atom stereocenters. The number of methoxy groups -OCH3 is 1. The van der Waals surface area contributed by atoms with Gasteiger partial charge in [-0.2, -0.15) is 0 Å². The molecule has 0 spiro atoms. The molecule has 6 heteroatoms. The molecule has 0 aliphatic rings. The monoisotopic (exact) mass is 290 g/mol. The predicted octanol–water partition coefficient (Wildman–Crippen LogP) is 2.54. The summed E-state index contributed by atoms with van der Waals surface area (Å²) in [6.07, 6.45) is 0.249. The molecule has 0 radical (unpaired) electrons. The van der Waals surface area contributed by atoms with Gasteiger partial charge in [0.25, 0.3) is 0 Å². The molecule has 0 atom stereocenters. The van der Waals surface area contributed by atoms with Crippen molar-refractivity contribution in [1.82, 2.24) is 4.98 Å². The number of nitrogens with one attached hydrogen (secondary N) is 1. The van der Waals surface area contributed by atoms with Crippen molar-refractivity contribution >= 4 is 28.2 Å². The zero-order valence-corrected chi connectivity index (χ0v) is 12.0. The summed E-state index contributed by atoms with van der Waals surface area (Å²) < 4.78 is 5.05. The van der Waals surface area contributed by atoms with E-state index in [1.165, 1.54) is 18.3 Å². The van der Waals surface area contributed by atoms with Crippen LogP contribution in [-0.2, 0) is 11.2 Å². The largest absolute Gasteiger partial charge is 0.497 e. The minimum Gasteiger partial charge on any atom is -0.497 e. The van der Waals surface area contributed by atoms with Gasteiger partial charge in [0.15, 0.2) is 10.9 Å². The third kappa shape index (κ3) is 3.64. The lowest BCUT2D eigenvalue weighted by atomic mass is 10.1. The lowest BCUT2D eigenvalue weighted by Crippen LogP contribution is -2.14. The van der Waals surface area contributed by atoms with Gasteiger partial charge in [0, 0.05) is 12.3 Å². The van der Waals surface area contributed by atoms with Crippen LogP contribution in [0.25, 0.3) is 0 Å². The number of rotatable bonds is 5. The van der Waals surface area contributed by atoms with Crippen LogP contribution >= 0.6 is 11.3 Å². The summed E-state index contributed by atoms with van der Waals surface area (Å²) >= 11 is 1.24. The van der Waals surface area contributed by atoms with Crippen molar-refractivity contribution < 1.29 is 14.3 Å². The van der Waals surface area contributed by atoms with Gasteiger partial charge in [0.2, 0.25) is 5.91 Å². The zero-order valence-electron chi connectivity index (χ0n) is 11.2. The first-order chi connectivity index (χ1) is 9.58. The Morgan fingerprint density at radius 1 is 1.30 bits per heavy atom. The minimum absolute atomic E-state index is 0.114. The Morgan fingerprint density at radius 2 is 2.00 bits per heavy atom. The van der Waals surface area contributed by atoms with Gasteiger partial charge in [0.1, 0.15) is 11.4 Å². The highest BCUT2D eigenvalue weighted by Crippen LogP contribution is 2.17. The summed E-state index contributed by atoms with van der Waals surface area (Å²) in [6, 6.07) is 7.28. The van der Waals surface area contributed by atoms with E-state index in [1.54, 1.807) is 24.6 Å². The van der Waals surface area contributed by atoms with Gasteiger partial charge in [-0.05, 0) is 17.7 Å². The molecule has 1 aromatic heterocycles. The fraction of sp³-hybridized carbons (Fsp3) is 0.214. The molecule has 5 nitrogen and oxygen atoms in total. The number of ether oxygens (including phenoxy) is 1. The van der Waals surface area contributed by atoms with Gasteiger partial charge < -0.3 is 10.1 Å². The summed E-state index contributed by atoms with van der Waals surface area (Å²) in [5.41, 5.74) is 1.25. The Bertz CT molecular complexity index is 620. The molecule has 0 saturated heterocycles. The number of hydrogen-bond acceptors (Lipinski definition) is 5. The average Bonchev–Trinajstić information content (AvgIpc) is 2.88. The number of benzene rings is 1. The van der Waals surface area contributed by atoms with Gasteiger partial charge in [0.05, 0.1) is 13.5 Å². The number of thiazole rings is 1. The van der Waals surface area contributed by atoms with Crippen molar-refractivity contribution in [2.45, 2.75) is 13.3 Å². The Morgan fingerprint density at radius 3 is 2.55 bits per heavy atom. The van der Waals surface area contributed by atoms with E-state index in [4.69, 9.17) is 4.74 Å². The third-order valence-electron chi connectivity index (χ3n) is 2.63. The van der Waals surface area contributed by atoms with Crippen molar-refractivity contribution in [3.05, 3.63) is 40.9 Å². The molecule has 2 aromatic rings. The van der Waals surface area contributed by atoms with Crippen LogP contribution in [0, 0.1) is 0 Å². The number of anilines is 1. The molecule has 0 aliphatic heterocycles. The van der Waals surface area contributed by atoms with Crippen molar-refractivity contribution in [3.63, 3.8) is 0 Å². The molecule has 0 aliphatic carbocycles. The smallest absolute Gasteiger partial charge is 0.230 e. The van der Waals surface area contributed by atoms with Gasteiger partial charge in [-0.3, -0.25) is 9.59 Å². The van der Waals surface area contributed by atoms with Crippen LogP contribution in [0.1, 0.15) is 23.0 Å². The van der Waals surface area contributed by atoms with Crippen LogP contribution in [0.4, 0.5) is 5.13 Å². The van der Waals surface area contributed by atoms with E-state index in [9.17, 15) is 9.59 Å². The topological polar surface area (TPSA) is 68.3 Å². The number of Topliss-reactive ketones (excluding diaryl/α,β-unsaturated/α-hetero) is 1. The highest BCUT2D eigenvalue weighted by Gasteiger charge is 2.09. The number of carbonyl (C=O) groups is 2. The molecule has 0 fully saturated rings. The molecule has 0 bridgehead atoms. The first-order valence-electron chi connectivity index (χ1n) is 5.97. The summed E-state index contributed by atoms with van der Waals surface area (Å²) in [6.45, 7) is 1.44. The second-order valence-corrected chi connectivity index (χ2v) is 5.03. The first-order valence-corrected chi connectivity index (χ1v) is 6.85. The average molecular weight is 290 g/mol. The SMILES string of the molecule is COc1ccc(CC(=O)Nc2nc(C(C)=O)cs2)cc1. The Labute approximate surface area is 120 Å². The van der Waals surface area contributed by atoms with Gasteiger partial charge in [-0.25, -0.2) is 4.98 Å². The second-order valence-electron chi connectivity index (χ2n) is 4.17. The first kappa shape index (κ1) is 14.2. The molecular formula is C14H14N2O3S. The van der Waals surface area contributed by atoms with E-state index in [1.807, 2.05) is 12.1 Å². The Hall–Kier alpha value is -2.21. The zero-order chi connectivity index (χ0) is 14.5. The number of ketones is 1. The minimum atomic E-state index is -0.167. The van der Waals surface area contributed by atoms with Crippen molar-refractivity contribution in [1.29, 1.82) is 0 Å². The van der Waals surface area contributed by atoms with E-state index >= 15 is 0 Å². The molecule has 1 heterocycles. The fourth-order valence-corrected chi connectivity index (χ4v) is 2.35. The summed E-state index contributed by atoms with van der Waals surface area (Å²) in [5.74, 6) is 0.469. The quantitative estimate of drug-likeness (QED) is 0.859. The molecule has 20 heavy (non-hydrogen) atoms. The number of carbonyl (C=O) groups excluding carboxylic acids is 2. The van der Waals surface area contributed by atoms with E-state index in [2.05, 4.69) is 10.3 Å². The molecule has 104 valence electrons. The lowest BCUT2D eigenvalue weighted by molar-refractivity contribution is -0.115. The third-order valence-corrected chi connectivity index (χ3v) is 3.39. The normalized spacial score (nSPS) is 10.1. The number of nitrogens with zero attached hydrogens (tertiary/aromatic N) is 1. The maximum Gasteiger partial charge on any atom is 0.230 e. The second kappa shape index (κ2) is 6.29. The van der Waals surface area contributed by atoms with Crippen LogP contribution < -0.4 is 10.1 Å². The number of aromatic nitrogens is 1. The summed E-state index contributed by atoms with van der Waals surface area (Å²) in [7, 11) is 1.59. The molecule has 1 aromatic carbocycles. The molecule has 0 saturated carbocycles. The Kier molecular flexibility index (Phi) is 4.47. The van der Waals surface area contributed by atoms with Crippen LogP contribution in [0.5, 0.6) is 5.75 Å². The van der Waals surface area contributed by atoms with Crippen molar-refractivity contribution in [3.8, 4) is 5.75 Å². The van der Waals surface area contributed by atoms with Crippen LogP contribution in [0.3, 0.4) is 0 Å². The van der Waals surface area contributed by atoms with Gasteiger partial charge in [-0.1, -0.05) is 12.1 Å². The predicted molar refractivity (Wildman–Crippen MR) is 77.4 cm³/mol. The summed E-state index contributed by atoms with van der Waals surface area (Å²) in [4.78, 5) is 27.0. The molecule has 1 N–H and O–H groups in total. The highest BCUT2D eigenvalue weighted by molar-refractivity contribution is 7.14. The lowest BCUT2D eigenvalue weighted by Gasteiger charge is -2.03.